The first-order valence-corrected chi connectivity index (χ1v) is 7.38. The van der Waals surface area contributed by atoms with E-state index in [0.717, 1.165) is 6.20 Å². The first kappa shape index (κ1) is 18.2. The van der Waals surface area contributed by atoms with Crippen molar-refractivity contribution in [2.75, 3.05) is 0 Å². The van der Waals surface area contributed by atoms with Crippen LogP contribution in [0.25, 0.3) is 5.95 Å². The Morgan fingerprint density at radius 2 is 1.89 bits per heavy atom. The van der Waals surface area contributed by atoms with Crippen molar-refractivity contribution in [2.45, 2.75) is 13.0 Å². The maximum atomic E-state index is 12.2. The predicted molar refractivity (Wildman–Crippen MR) is 83.6 cm³/mol. The maximum Gasteiger partial charge on any atom is 0.573 e. The lowest BCUT2D eigenvalue weighted by molar-refractivity contribution is -0.274. The molecule has 0 amide bonds. The zero-order chi connectivity index (χ0) is 19.4. The third-order valence-corrected chi connectivity index (χ3v) is 3.19. The Balaban J connectivity index is 1.63. The maximum absolute atomic E-state index is 12.2. The summed E-state index contributed by atoms with van der Waals surface area (Å²) in [6, 6.07) is 5.39. The van der Waals surface area contributed by atoms with Crippen molar-refractivity contribution in [3.63, 3.8) is 0 Å². The van der Waals surface area contributed by atoms with Gasteiger partial charge in [-0.1, -0.05) is 12.1 Å². The molecule has 1 N–H and O–H groups in total. The number of hydrogen-bond donors (Lipinski definition) is 1. The summed E-state index contributed by atoms with van der Waals surface area (Å²) < 4.78 is 47.2. The Kier molecular flexibility index (Phi) is 4.92. The molecule has 0 atom stereocenters. The molecule has 2 heterocycles. The summed E-state index contributed by atoms with van der Waals surface area (Å²) in [5.41, 5.74) is 0.443. The van der Waals surface area contributed by atoms with Crippen LogP contribution in [0.5, 0.6) is 11.5 Å². The van der Waals surface area contributed by atoms with Gasteiger partial charge in [0.2, 0.25) is 0 Å². The van der Waals surface area contributed by atoms with Gasteiger partial charge in [0.05, 0.1) is 24.2 Å². The fraction of sp³-hybridized carbons (Fsp3) is 0.125. The third-order valence-electron chi connectivity index (χ3n) is 3.19. The van der Waals surface area contributed by atoms with Crippen LogP contribution in [-0.4, -0.2) is 37.2 Å². The molecule has 140 valence electrons. The molecule has 0 saturated heterocycles. The zero-order valence-corrected chi connectivity index (χ0v) is 13.4. The quantitative estimate of drug-likeness (QED) is 0.702. The molecule has 0 bridgehead atoms. The molecule has 0 aliphatic carbocycles. The Morgan fingerprint density at radius 1 is 1.15 bits per heavy atom. The number of alkyl halides is 3. The highest BCUT2D eigenvalue weighted by molar-refractivity contribution is 5.86. The van der Waals surface area contributed by atoms with Crippen LogP contribution in [0.4, 0.5) is 13.2 Å². The van der Waals surface area contributed by atoms with Gasteiger partial charge in [-0.05, 0) is 17.7 Å². The summed E-state index contributed by atoms with van der Waals surface area (Å²) >= 11 is 0. The Hall–Kier alpha value is -3.63. The van der Waals surface area contributed by atoms with Crippen LogP contribution >= 0.6 is 0 Å². The lowest BCUT2D eigenvalue weighted by atomic mass is 10.2. The van der Waals surface area contributed by atoms with Gasteiger partial charge in [0.25, 0.3) is 5.95 Å². The molecule has 8 nitrogen and oxygen atoms in total. The number of carbonyl (C=O) groups is 1. The van der Waals surface area contributed by atoms with Gasteiger partial charge in [-0.15, -0.1) is 13.2 Å². The zero-order valence-electron chi connectivity index (χ0n) is 13.4. The summed E-state index contributed by atoms with van der Waals surface area (Å²) in [5, 5.41) is 12.7. The molecule has 0 spiro atoms. The third kappa shape index (κ3) is 4.93. The summed E-state index contributed by atoms with van der Waals surface area (Å²) in [4.78, 5) is 18.8. The topological polar surface area (TPSA) is 99.4 Å². The molecule has 0 saturated carbocycles. The van der Waals surface area contributed by atoms with Crippen molar-refractivity contribution >= 4 is 5.97 Å². The monoisotopic (exact) mass is 380 g/mol. The van der Waals surface area contributed by atoms with E-state index in [2.05, 4.69) is 19.8 Å². The van der Waals surface area contributed by atoms with Crippen LogP contribution in [0.3, 0.4) is 0 Å². The number of nitrogens with zero attached hydrogens (tertiary/aromatic N) is 4. The van der Waals surface area contributed by atoms with Crippen molar-refractivity contribution < 1.29 is 32.5 Å². The summed E-state index contributed by atoms with van der Waals surface area (Å²) in [6.07, 6.45) is 0.313. The minimum absolute atomic E-state index is 0.0140. The fourth-order valence-electron chi connectivity index (χ4n) is 2.04. The van der Waals surface area contributed by atoms with Crippen LogP contribution < -0.4 is 9.47 Å². The molecule has 0 radical (unpaired) electrons. The molecule has 27 heavy (non-hydrogen) atoms. The van der Waals surface area contributed by atoms with Gasteiger partial charge in [-0.2, -0.15) is 5.10 Å². The van der Waals surface area contributed by atoms with E-state index in [4.69, 9.17) is 9.84 Å². The number of hydrogen-bond acceptors (Lipinski definition) is 6. The van der Waals surface area contributed by atoms with Crippen molar-refractivity contribution in [1.29, 1.82) is 0 Å². The Labute approximate surface area is 149 Å². The minimum Gasteiger partial charge on any atom is -0.486 e. The molecule has 3 aromatic rings. The molecule has 2 aromatic heterocycles. The first-order valence-electron chi connectivity index (χ1n) is 7.38. The van der Waals surface area contributed by atoms with Gasteiger partial charge < -0.3 is 14.6 Å². The summed E-state index contributed by atoms with van der Waals surface area (Å²) in [5.74, 6) is -1.07. The SMILES string of the molecule is O=C(O)c1cnn(-c2ncc(OCc3cccc(OC(F)(F)F)c3)cn2)c1. The number of carboxylic acids is 1. The number of aromatic carboxylic acids is 1. The van der Waals surface area contributed by atoms with E-state index in [9.17, 15) is 18.0 Å². The van der Waals surface area contributed by atoms with Gasteiger partial charge in [-0.25, -0.2) is 19.4 Å². The molecule has 0 fully saturated rings. The van der Waals surface area contributed by atoms with Gasteiger partial charge in [0, 0.05) is 6.20 Å². The largest absolute Gasteiger partial charge is 0.573 e. The van der Waals surface area contributed by atoms with Crippen LogP contribution in [-0.2, 0) is 6.61 Å². The van der Waals surface area contributed by atoms with Crippen molar-refractivity contribution in [2.24, 2.45) is 0 Å². The average molecular weight is 380 g/mol. The highest BCUT2D eigenvalue weighted by atomic mass is 19.4. The summed E-state index contributed by atoms with van der Waals surface area (Å²) in [6.45, 7) is -0.0251. The number of benzene rings is 1. The van der Waals surface area contributed by atoms with Gasteiger partial charge >= 0.3 is 12.3 Å². The molecular weight excluding hydrogens is 369 g/mol. The van der Waals surface area contributed by atoms with Gasteiger partial charge in [0.15, 0.2) is 5.75 Å². The normalized spacial score (nSPS) is 11.2. The average Bonchev–Trinajstić information content (AvgIpc) is 3.10. The van der Waals surface area contributed by atoms with E-state index in [1.807, 2.05) is 0 Å². The molecule has 0 aliphatic rings. The van der Waals surface area contributed by atoms with Crippen molar-refractivity contribution in [3.8, 4) is 17.4 Å². The number of carboxylic acid groups (broad SMARTS) is 1. The van der Waals surface area contributed by atoms with E-state index in [-0.39, 0.29) is 29.6 Å². The molecule has 3 rings (SSSR count). The predicted octanol–water partition coefficient (Wildman–Crippen LogP) is 2.84. The van der Waals surface area contributed by atoms with E-state index in [1.54, 1.807) is 6.07 Å². The van der Waals surface area contributed by atoms with E-state index >= 15 is 0 Å². The second-order valence-electron chi connectivity index (χ2n) is 5.18. The van der Waals surface area contributed by atoms with Gasteiger partial charge in [0.1, 0.15) is 12.4 Å². The molecule has 0 aliphatic heterocycles. The second kappa shape index (κ2) is 7.32. The second-order valence-corrected chi connectivity index (χ2v) is 5.18. The lowest BCUT2D eigenvalue weighted by Gasteiger charge is -2.10. The highest BCUT2D eigenvalue weighted by Gasteiger charge is 2.31. The van der Waals surface area contributed by atoms with Crippen LogP contribution in [0, 0.1) is 0 Å². The Bertz CT molecular complexity index is 941. The number of rotatable bonds is 6. The Morgan fingerprint density at radius 3 is 2.52 bits per heavy atom. The fourth-order valence-corrected chi connectivity index (χ4v) is 2.04. The molecule has 1 aromatic carbocycles. The van der Waals surface area contributed by atoms with E-state index < -0.39 is 12.3 Å². The van der Waals surface area contributed by atoms with Crippen LogP contribution in [0.15, 0.2) is 49.1 Å². The van der Waals surface area contributed by atoms with E-state index in [0.29, 0.717) is 5.56 Å². The molecule has 0 unspecified atom stereocenters. The smallest absolute Gasteiger partial charge is 0.486 e. The first-order chi connectivity index (χ1) is 12.8. The van der Waals surface area contributed by atoms with Crippen molar-refractivity contribution in [3.05, 3.63) is 60.2 Å². The number of ether oxygens (including phenoxy) is 2. The van der Waals surface area contributed by atoms with Crippen LogP contribution in [0.1, 0.15) is 15.9 Å². The molecule has 11 heteroatoms. The molecular formula is C16H11F3N4O4. The van der Waals surface area contributed by atoms with Gasteiger partial charge in [-0.3, -0.25) is 0 Å². The standard InChI is InChI=1S/C16H11F3N4O4/c17-16(18,19)27-12-3-1-2-10(4-12)9-26-13-6-20-15(21-7-13)23-8-11(5-22-23)14(24)25/h1-8H,9H2,(H,24,25). The number of aromatic nitrogens is 4. The minimum atomic E-state index is -4.77. The van der Waals surface area contributed by atoms with E-state index in [1.165, 1.54) is 41.5 Å². The highest BCUT2D eigenvalue weighted by Crippen LogP contribution is 2.23. The lowest BCUT2D eigenvalue weighted by Crippen LogP contribution is -2.17. The van der Waals surface area contributed by atoms with Crippen molar-refractivity contribution in [1.82, 2.24) is 19.7 Å². The summed E-state index contributed by atoms with van der Waals surface area (Å²) in [7, 11) is 0. The number of halogens is 3. The van der Waals surface area contributed by atoms with Crippen LogP contribution in [0.2, 0.25) is 0 Å².